The maximum atomic E-state index is 13.0. The van der Waals surface area contributed by atoms with Crippen molar-refractivity contribution in [3.8, 4) is 5.75 Å². The van der Waals surface area contributed by atoms with Crippen molar-refractivity contribution in [3.63, 3.8) is 0 Å². The molecule has 0 saturated carbocycles. The molecule has 0 radical (unpaired) electrons. The largest absolute Gasteiger partial charge is 0.508 e. The van der Waals surface area contributed by atoms with Crippen molar-refractivity contribution in [2.24, 2.45) is 5.16 Å². The van der Waals surface area contributed by atoms with Crippen LogP contribution in [0.1, 0.15) is 17.7 Å². The molecule has 2 fully saturated rings. The number of hydrogen-bond donors (Lipinski definition) is 5. The number of aromatic nitrogens is 1. The van der Waals surface area contributed by atoms with Crippen LogP contribution in [0.2, 0.25) is 0 Å². The minimum Gasteiger partial charge on any atom is -0.508 e. The number of nitrogens with one attached hydrogen (secondary N) is 1. The van der Waals surface area contributed by atoms with Crippen LogP contribution >= 0.6 is 23.1 Å². The Bertz CT molecular complexity index is 1480. The number of phenolic OH excluding ortho intramolecular Hbond substituents is 1. The number of nitrogens with two attached hydrogens (primary N) is 1. The third-order valence-corrected chi connectivity index (χ3v) is 8.39. The number of carboxylic acids is 1. The predicted molar refractivity (Wildman–Crippen MR) is 141 cm³/mol. The van der Waals surface area contributed by atoms with Gasteiger partial charge in [-0.05, 0) is 35.8 Å². The molecule has 202 valence electrons. The molecule has 39 heavy (non-hydrogen) atoms. The molecule has 1 aromatic carbocycles. The van der Waals surface area contributed by atoms with Gasteiger partial charge in [-0.15, -0.1) is 23.1 Å². The molecular weight excluding hydrogens is 548 g/mol. The summed E-state index contributed by atoms with van der Waals surface area (Å²) in [7, 11) is 0. The lowest BCUT2D eigenvalue weighted by molar-refractivity contribution is -0.150. The Morgan fingerprint density at radius 2 is 2.10 bits per heavy atom. The molecule has 6 N–H and O–H groups in total. The van der Waals surface area contributed by atoms with Gasteiger partial charge in [0.1, 0.15) is 28.6 Å². The van der Waals surface area contributed by atoms with Crippen LogP contribution in [-0.2, 0) is 25.7 Å². The molecule has 15 heteroatoms. The summed E-state index contributed by atoms with van der Waals surface area (Å²) in [5.74, 6) is -2.80. The monoisotopic (exact) mass is 570 g/mol. The number of carbonyl (C=O) groups is 4. The molecule has 3 aliphatic rings. The number of fused-ring (bicyclic) bond motifs is 1. The number of benzene rings is 1. The quantitative estimate of drug-likeness (QED) is 0.104. The van der Waals surface area contributed by atoms with Crippen molar-refractivity contribution in [1.82, 2.24) is 20.1 Å². The summed E-state index contributed by atoms with van der Waals surface area (Å²) in [6.45, 7) is 0.729. The number of aliphatic carboxylic acids is 1. The zero-order valence-electron chi connectivity index (χ0n) is 20.1. The number of hydrogen-bond acceptors (Lipinski definition) is 11. The second-order valence-electron chi connectivity index (χ2n) is 8.88. The third-order valence-electron chi connectivity index (χ3n) is 6.41. The highest BCUT2D eigenvalue weighted by atomic mass is 32.2. The lowest BCUT2D eigenvalue weighted by Gasteiger charge is -2.49. The zero-order chi connectivity index (χ0) is 27.8. The first-order chi connectivity index (χ1) is 18.7. The van der Waals surface area contributed by atoms with E-state index in [1.807, 2.05) is 0 Å². The van der Waals surface area contributed by atoms with Gasteiger partial charge in [-0.25, -0.2) is 9.78 Å². The summed E-state index contributed by atoms with van der Waals surface area (Å²) in [6, 6.07) is 5.55. The van der Waals surface area contributed by atoms with Gasteiger partial charge < -0.3 is 31.4 Å². The molecule has 5 rings (SSSR count). The minimum atomic E-state index is -1.33. The zero-order valence-corrected chi connectivity index (χ0v) is 21.7. The minimum absolute atomic E-state index is 0.0387. The maximum Gasteiger partial charge on any atom is 0.352 e. The number of carboxylic acid groups (broad SMARTS) is 1. The normalized spacial score (nSPS) is 22.3. The SMILES string of the molecule is Nc1nc(/C(=N/O)C(=O)N[C@@H]2C(=O)N3C(C(=O)O)=C(/C=C4\CCN(Cc5cccc(O)c5)C4=O)CS[C@H]23)cs1. The van der Waals surface area contributed by atoms with E-state index in [-0.39, 0.29) is 33.9 Å². The Morgan fingerprint density at radius 3 is 2.77 bits per heavy atom. The Hall–Kier alpha value is -4.37. The van der Waals surface area contributed by atoms with Gasteiger partial charge in [0.05, 0.1) is 0 Å². The number of aromatic hydroxyl groups is 1. The van der Waals surface area contributed by atoms with Crippen LogP contribution in [0.25, 0.3) is 0 Å². The van der Waals surface area contributed by atoms with Crippen LogP contribution in [0.4, 0.5) is 5.13 Å². The summed E-state index contributed by atoms with van der Waals surface area (Å²) in [4.78, 5) is 57.5. The van der Waals surface area contributed by atoms with Crippen LogP contribution in [0.3, 0.4) is 0 Å². The molecule has 2 saturated heterocycles. The van der Waals surface area contributed by atoms with E-state index < -0.39 is 34.9 Å². The fourth-order valence-corrected chi connectivity index (χ4v) is 6.46. The molecule has 0 aliphatic carbocycles. The molecule has 2 atom stereocenters. The number of thiazole rings is 1. The van der Waals surface area contributed by atoms with Gasteiger partial charge in [-0.1, -0.05) is 17.3 Å². The van der Waals surface area contributed by atoms with E-state index in [1.165, 1.54) is 29.3 Å². The highest BCUT2D eigenvalue weighted by molar-refractivity contribution is 8.00. The van der Waals surface area contributed by atoms with E-state index in [2.05, 4.69) is 15.5 Å². The first-order valence-corrected chi connectivity index (χ1v) is 13.5. The highest BCUT2D eigenvalue weighted by Crippen LogP contribution is 2.41. The van der Waals surface area contributed by atoms with Crippen molar-refractivity contribution in [1.29, 1.82) is 0 Å². The van der Waals surface area contributed by atoms with E-state index in [0.717, 1.165) is 21.8 Å². The number of carbonyl (C=O) groups excluding carboxylic acids is 3. The van der Waals surface area contributed by atoms with Gasteiger partial charge in [-0.3, -0.25) is 19.3 Å². The first kappa shape index (κ1) is 26.2. The fourth-order valence-electron chi connectivity index (χ4n) is 4.61. The standard InChI is InChI=1S/C24H22N6O7S2/c25-24-26-15(10-39-24)16(28-37)19(32)27-17-21(34)30-18(23(35)36)13(9-38-22(17)30)7-12-4-5-29(20(12)33)8-11-2-1-3-14(31)6-11/h1-3,6-7,10,17,22,31,37H,4-5,8-9H2,(H2,25,26)(H,27,32)(H,35,36)/b12-7+,28-16-/t17-,22-/m1/s1. The molecule has 0 unspecified atom stereocenters. The summed E-state index contributed by atoms with van der Waals surface area (Å²) < 4.78 is 0. The topological polar surface area (TPSA) is 199 Å². The fraction of sp³-hybridized carbons (Fsp3) is 0.250. The van der Waals surface area contributed by atoms with Crippen molar-refractivity contribution in [3.05, 3.63) is 63.8 Å². The molecule has 13 nitrogen and oxygen atoms in total. The maximum absolute atomic E-state index is 13.0. The number of amides is 3. The molecular formula is C24H22N6O7S2. The summed E-state index contributed by atoms with van der Waals surface area (Å²) in [5.41, 5.74) is 6.44. The predicted octanol–water partition coefficient (Wildman–Crippen LogP) is 0.707. The summed E-state index contributed by atoms with van der Waals surface area (Å²) >= 11 is 2.28. The van der Waals surface area contributed by atoms with Gasteiger partial charge in [-0.2, -0.15) is 0 Å². The van der Waals surface area contributed by atoms with Crippen molar-refractivity contribution < 1.29 is 34.6 Å². The Morgan fingerprint density at radius 1 is 1.31 bits per heavy atom. The molecule has 2 aromatic rings. The molecule has 4 heterocycles. The lowest BCUT2D eigenvalue weighted by atomic mass is 10.0. The summed E-state index contributed by atoms with van der Waals surface area (Å²) in [5, 5.41) is 35.3. The number of thioether (sulfide) groups is 1. The Labute approximate surface area is 229 Å². The van der Waals surface area contributed by atoms with Crippen LogP contribution in [0.15, 0.2) is 57.7 Å². The van der Waals surface area contributed by atoms with Gasteiger partial charge in [0, 0.05) is 29.8 Å². The summed E-state index contributed by atoms with van der Waals surface area (Å²) in [6.07, 6.45) is 1.93. The third kappa shape index (κ3) is 4.93. The number of nitrogen functional groups attached to an aromatic ring is 1. The van der Waals surface area contributed by atoms with E-state index in [0.29, 0.717) is 30.7 Å². The van der Waals surface area contributed by atoms with Crippen LogP contribution in [-0.4, -0.2) is 83.3 Å². The Kier molecular flexibility index (Phi) is 7.01. The lowest BCUT2D eigenvalue weighted by Crippen LogP contribution is -2.71. The number of rotatable bonds is 7. The second-order valence-corrected chi connectivity index (χ2v) is 10.9. The van der Waals surface area contributed by atoms with Crippen LogP contribution in [0, 0.1) is 0 Å². The number of oxime groups is 1. The number of anilines is 1. The first-order valence-electron chi connectivity index (χ1n) is 11.6. The van der Waals surface area contributed by atoms with Gasteiger partial charge in [0.2, 0.25) is 5.91 Å². The van der Waals surface area contributed by atoms with Crippen molar-refractivity contribution in [2.45, 2.75) is 24.4 Å². The van der Waals surface area contributed by atoms with Crippen molar-refractivity contribution >= 4 is 57.6 Å². The average Bonchev–Trinajstić information content (AvgIpc) is 3.48. The highest BCUT2D eigenvalue weighted by Gasteiger charge is 2.54. The Balaban J connectivity index is 1.32. The van der Waals surface area contributed by atoms with E-state index in [1.54, 1.807) is 23.1 Å². The average molecular weight is 571 g/mol. The van der Waals surface area contributed by atoms with Crippen molar-refractivity contribution in [2.75, 3.05) is 18.0 Å². The van der Waals surface area contributed by atoms with Gasteiger partial charge in [0.25, 0.3) is 11.8 Å². The smallest absolute Gasteiger partial charge is 0.352 e. The number of allylic oxidation sites excluding steroid dienone is 1. The number of likely N-dealkylation sites (tertiary alicyclic amines) is 1. The van der Waals surface area contributed by atoms with E-state index >= 15 is 0 Å². The van der Waals surface area contributed by atoms with Gasteiger partial charge in [0.15, 0.2) is 10.8 Å². The van der Waals surface area contributed by atoms with E-state index in [9.17, 15) is 34.6 Å². The van der Waals surface area contributed by atoms with Crippen LogP contribution in [0.5, 0.6) is 5.75 Å². The second kappa shape index (κ2) is 10.4. The molecule has 3 aliphatic heterocycles. The molecule has 0 bridgehead atoms. The number of nitrogens with zero attached hydrogens (tertiary/aromatic N) is 4. The molecule has 0 spiro atoms. The van der Waals surface area contributed by atoms with E-state index in [4.69, 9.17) is 5.73 Å². The van der Waals surface area contributed by atoms with Gasteiger partial charge >= 0.3 is 5.97 Å². The van der Waals surface area contributed by atoms with Crippen LogP contribution < -0.4 is 11.1 Å². The number of phenols is 1. The number of β-lactam (4-membered cyclic amide) rings is 1. The molecule has 1 aromatic heterocycles. The molecule has 3 amide bonds.